The number of anilines is 1. The van der Waals surface area contributed by atoms with Gasteiger partial charge in [-0.15, -0.1) is 18.3 Å². The molecular formula is C27H25F3N6O2S. The van der Waals surface area contributed by atoms with Crippen LogP contribution in [0.25, 0.3) is 17.1 Å². The molecule has 1 aromatic heterocycles. The Morgan fingerprint density at radius 2 is 1.79 bits per heavy atom. The zero-order chi connectivity index (χ0) is 28.0. The lowest BCUT2D eigenvalue weighted by atomic mass is 10.0. The van der Waals surface area contributed by atoms with Crippen molar-refractivity contribution in [3.8, 4) is 22.8 Å². The molecule has 0 radical (unpaired) electrons. The normalized spacial score (nSPS) is 11.2. The summed E-state index contributed by atoms with van der Waals surface area (Å²) in [6.07, 6.45) is -3.30. The number of urea groups is 1. The Morgan fingerprint density at radius 3 is 2.51 bits per heavy atom. The van der Waals surface area contributed by atoms with E-state index < -0.39 is 12.4 Å². The number of carbonyl (C=O) groups is 1. The van der Waals surface area contributed by atoms with Gasteiger partial charge >= 0.3 is 12.4 Å². The number of hydrogen-bond donors (Lipinski definition) is 3. The van der Waals surface area contributed by atoms with Gasteiger partial charge in [-0.3, -0.25) is 5.32 Å². The van der Waals surface area contributed by atoms with E-state index in [1.165, 1.54) is 35.3 Å². The van der Waals surface area contributed by atoms with Crippen LogP contribution in [0, 0.1) is 0 Å². The second-order valence-electron chi connectivity index (χ2n) is 8.76. The molecule has 0 saturated heterocycles. The van der Waals surface area contributed by atoms with Gasteiger partial charge in [0.2, 0.25) is 0 Å². The number of rotatable bonds is 7. The fourth-order valence-electron chi connectivity index (χ4n) is 3.74. The number of carbonyl (C=O) groups excluding carboxylic acids is 1. The molecule has 0 aliphatic carbocycles. The van der Waals surface area contributed by atoms with E-state index in [0.29, 0.717) is 17.1 Å². The maximum atomic E-state index is 12.4. The van der Waals surface area contributed by atoms with Gasteiger partial charge < -0.3 is 15.4 Å². The molecule has 0 spiro atoms. The Kier molecular flexibility index (Phi) is 8.45. The Morgan fingerprint density at radius 1 is 1.05 bits per heavy atom. The van der Waals surface area contributed by atoms with Crippen LogP contribution in [0.2, 0.25) is 0 Å². The average molecular weight is 555 g/mol. The second-order valence-corrected chi connectivity index (χ2v) is 9.17. The van der Waals surface area contributed by atoms with E-state index in [4.69, 9.17) is 12.2 Å². The van der Waals surface area contributed by atoms with Crippen molar-refractivity contribution in [2.45, 2.75) is 32.7 Å². The first-order valence-electron chi connectivity index (χ1n) is 11.9. The van der Waals surface area contributed by atoms with E-state index in [9.17, 15) is 18.0 Å². The Balaban J connectivity index is 1.34. The van der Waals surface area contributed by atoms with E-state index in [1.807, 2.05) is 48.5 Å². The molecule has 0 aliphatic heterocycles. The molecule has 12 heteroatoms. The van der Waals surface area contributed by atoms with Gasteiger partial charge in [0.25, 0.3) is 0 Å². The van der Waals surface area contributed by atoms with E-state index in [-0.39, 0.29) is 23.3 Å². The lowest BCUT2D eigenvalue weighted by Crippen LogP contribution is -2.41. The van der Waals surface area contributed by atoms with E-state index >= 15 is 0 Å². The molecule has 202 valence electrons. The van der Waals surface area contributed by atoms with Crippen LogP contribution in [-0.4, -0.2) is 32.3 Å². The number of nitrogens with one attached hydrogen (secondary N) is 3. The molecule has 0 saturated carbocycles. The topological polar surface area (TPSA) is 93.1 Å². The standard InChI is InChI=1S/C27H25F3N6O2S/c1-17(2)22-8-3-4-9-23(22)33-26(39)34-25(37)31-15-18-6-5-7-19(14-18)24-32-16-36(35-24)20-10-12-21(13-11-20)38-27(28,29)30/h3-14,16-17H,15H2,1-2H3,(H3,31,33,34,37,39). The number of benzene rings is 3. The SMILES string of the molecule is CC(C)c1ccccc1NC(=S)NC(=O)NCc1cccc(-c2ncn(-c3ccc(OC(F)(F)F)cc3)n2)c1. The zero-order valence-electron chi connectivity index (χ0n) is 21.0. The molecule has 0 atom stereocenters. The fourth-order valence-corrected chi connectivity index (χ4v) is 3.94. The van der Waals surface area contributed by atoms with Crippen LogP contribution in [0.4, 0.5) is 23.7 Å². The van der Waals surface area contributed by atoms with Gasteiger partial charge in [0.15, 0.2) is 10.9 Å². The lowest BCUT2D eigenvalue weighted by molar-refractivity contribution is -0.274. The first-order chi connectivity index (χ1) is 18.6. The highest BCUT2D eigenvalue weighted by molar-refractivity contribution is 7.80. The molecule has 3 N–H and O–H groups in total. The third-order valence-corrected chi connectivity index (χ3v) is 5.73. The van der Waals surface area contributed by atoms with Crippen molar-refractivity contribution in [1.29, 1.82) is 0 Å². The number of ether oxygens (including phenoxy) is 1. The van der Waals surface area contributed by atoms with Gasteiger partial charge in [0.05, 0.1) is 5.69 Å². The van der Waals surface area contributed by atoms with Crippen LogP contribution in [0.3, 0.4) is 0 Å². The largest absolute Gasteiger partial charge is 0.573 e. The van der Waals surface area contributed by atoms with Crippen LogP contribution in [0.15, 0.2) is 79.1 Å². The molecule has 39 heavy (non-hydrogen) atoms. The number of amides is 2. The molecule has 8 nitrogen and oxygen atoms in total. The Labute approximate surface area is 228 Å². The van der Waals surface area contributed by atoms with Crippen molar-refractivity contribution in [2.75, 3.05) is 5.32 Å². The summed E-state index contributed by atoms with van der Waals surface area (Å²) in [7, 11) is 0. The number of thiocarbonyl (C=S) groups is 1. The third kappa shape index (κ3) is 7.77. The van der Waals surface area contributed by atoms with Crippen LogP contribution in [0.1, 0.15) is 30.9 Å². The summed E-state index contributed by atoms with van der Waals surface area (Å²) in [6.45, 7) is 4.38. The van der Waals surface area contributed by atoms with E-state index in [0.717, 1.165) is 16.8 Å². The predicted molar refractivity (Wildman–Crippen MR) is 146 cm³/mol. The highest BCUT2D eigenvalue weighted by Crippen LogP contribution is 2.25. The third-order valence-electron chi connectivity index (χ3n) is 5.52. The van der Waals surface area contributed by atoms with Gasteiger partial charge in [-0.05, 0) is 65.7 Å². The van der Waals surface area contributed by atoms with Crippen molar-refractivity contribution in [3.63, 3.8) is 0 Å². The predicted octanol–water partition coefficient (Wildman–Crippen LogP) is 6.15. The van der Waals surface area contributed by atoms with Crippen LogP contribution in [-0.2, 0) is 6.54 Å². The quantitative estimate of drug-likeness (QED) is 0.237. The first-order valence-corrected chi connectivity index (χ1v) is 12.3. The van der Waals surface area contributed by atoms with Crippen LogP contribution < -0.4 is 20.7 Å². The smallest absolute Gasteiger partial charge is 0.406 e. The minimum Gasteiger partial charge on any atom is -0.406 e. The maximum absolute atomic E-state index is 12.4. The summed E-state index contributed by atoms with van der Waals surface area (Å²) < 4.78 is 42.5. The molecule has 1 heterocycles. The summed E-state index contributed by atoms with van der Waals surface area (Å²) in [5.74, 6) is 0.371. The highest BCUT2D eigenvalue weighted by atomic mass is 32.1. The molecular weight excluding hydrogens is 529 g/mol. The molecule has 0 aliphatic rings. The van der Waals surface area contributed by atoms with E-state index in [1.54, 1.807) is 0 Å². The Hall–Kier alpha value is -4.45. The van der Waals surface area contributed by atoms with Crippen molar-refractivity contribution >= 4 is 29.0 Å². The van der Waals surface area contributed by atoms with Gasteiger partial charge in [0, 0.05) is 17.8 Å². The minimum absolute atomic E-state index is 0.182. The van der Waals surface area contributed by atoms with Gasteiger partial charge in [-0.25, -0.2) is 14.5 Å². The first kappa shape index (κ1) is 27.6. The second kappa shape index (κ2) is 11.9. The summed E-state index contributed by atoms with van der Waals surface area (Å²) in [5, 5.41) is 13.0. The number of para-hydroxylation sites is 1. The molecule has 4 rings (SSSR count). The van der Waals surface area contributed by atoms with Gasteiger partial charge in [-0.1, -0.05) is 50.2 Å². The molecule has 0 bridgehead atoms. The summed E-state index contributed by atoms with van der Waals surface area (Å²) in [5.41, 5.74) is 3.94. The molecule has 4 aromatic rings. The number of aromatic nitrogens is 3. The molecule has 0 fully saturated rings. The van der Waals surface area contributed by atoms with Gasteiger partial charge in [-0.2, -0.15) is 0 Å². The monoisotopic (exact) mass is 554 g/mol. The molecule has 2 amide bonds. The zero-order valence-corrected chi connectivity index (χ0v) is 21.8. The molecule has 3 aromatic carbocycles. The highest BCUT2D eigenvalue weighted by Gasteiger charge is 2.31. The number of hydrogen-bond acceptors (Lipinski definition) is 5. The lowest BCUT2D eigenvalue weighted by Gasteiger charge is -2.15. The van der Waals surface area contributed by atoms with E-state index in [2.05, 4.69) is 44.6 Å². The van der Waals surface area contributed by atoms with Crippen molar-refractivity contribution < 1.29 is 22.7 Å². The summed E-state index contributed by atoms with van der Waals surface area (Å²) >= 11 is 5.29. The number of alkyl halides is 3. The van der Waals surface area contributed by atoms with Gasteiger partial charge in [0.1, 0.15) is 12.1 Å². The average Bonchev–Trinajstić information content (AvgIpc) is 3.38. The molecule has 0 unspecified atom stereocenters. The summed E-state index contributed by atoms with van der Waals surface area (Å²) in [4.78, 5) is 16.7. The number of nitrogens with zero attached hydrogens (tertiary/aromatic N) is 3. The maximum Gasteiger partial charge on any atom is 0.573 e. The number of halogens is 3. The van der Waals surface area contributed by atoms with Crippen molar-refractivity contribution in [2.24, 2.45) is 0 Å². The van der Waals surface area contributed by atoms with Crippen molar-refractivity contribution in [1.82, 2.24) is 25.4 Å². The minimum atomic E-state index is -4.76. The Bertz CT molecular complexity index is 1450. The van der Waals surface area contributed by atoms with Crippen LogP contribution in [0.5, 0.6) is 5.75 Å². The van der Waals surface area contributed by atoms with Crippen LogP contribution >= 0.6 is 12.2 Å². The van der Waals surface area contributed by atoms with Crippen molar-refractivity contribution in [3.05, 3.63) is 90.3 Å². The summed E-state index contributed by atoms with van der Waals surface area (Å²) in [6, 6.07) is 19.9. The fraction of sp³-hybridized carbons (Fsp3) is 0.185.